The van der Waals surface area contributed by atoms with E-state index in [0.717, 1.165) is 19.3 Å². The molecule has 4 atom stereocenters. The van der Waals surface area contributed by atoms with Gasteiger partial charge in [-0.3, -0.25) is 4.79 Å². The van der Waals surface area contributed by atoms with Crippen molar-refractivity contribution in [3.05, 3.63) is 0 Å². The molecule has 0 spiro atoms. The van der Waals surface area contributed by atoms with E-state index in [-0.39, 0.29) is 0 Å². The number of rotatable bonds is 18. The number of carbonyl (C=O) groups excluding carboxylic acids is 1. The van der Waals surface area contributed by atoms with Gasteiger partial charge in [0.1, 0.15) is 6.10 Å². The molecular weight excluding hydrogens is 414 g/mol. The van der Waals surface area contributed by atoms with E-state index in [1.165, 1.54) is 70.6 Å². The third kappa shape index (κ3) is 12.1. The Morgan fingerprint density at radius 3 is 1.81 bits per heavy atom. The number of unbranched alkanes of at least 4 members (excludes halogenated alkanes) is 13. The van der Waals surface area contributed by atoms with Crippen LogP contribution in [0, 0.1) is 0 Å². The highest BCUT2D eigenvalue weighted by atomic mass is 16.7. The van der Waals surface area contributed by atoms with E-state index in [1.54, 1.807) is 0 Å². The maximum atomic E-state index is 12.1. The Labute approximate surface area is 192 Å². The summed E-state index contributed by atoms with van der Waals surface area (Å²) in [6.07, 6.45) is 11.7. The molecule has 1 heterocycles. The molecule has 8 heteroatoms. The number of nitrogens with one attached hydrogen (secondary N) is 1. The number of aliphatic carboxylic acids is 1. The lowest BCUT2D eigenvalue weighted by Crippen LogP contribution is -2.58. The second-order valence-corrected chi connectivity index (χ2v) is 9.21. The van der Waals surface area contributed by atoms with Gasteiger partial charge in [-0.1, -0.05) is 90.4 Å². The first kappa shape index (κ1) is 28.8. The quantitative estimate of drug-likeness (QED) is 0.198. The largest absolute Gasteiger partial charge is 0.479 e. The fourth-order valence-corrected chi connectivity index (χ4v) is 4.17. The highest BCUT2D eigenvalue weighted by Gasteiger charge is 2.49. The highest BCUT2D eigenvalue weighted by Crippen LogP contribution is 2.30. The molecule has 0 aromatic carbocycles. The number of aliphatic hydroxyl groups excluding tert-OH is 2. The molecule has 188 valence electrons. The van der Waals surface area contributed by atoms with Crippen LogP contribution in [0.2, 0.25) is 0 Å². The summed E-state index contributed by atoms with van der Waals surface area (Å²) in [4.78, 5) is 23.2. The molecule has 1 rings (SSSR count). The summed E-state index contributed by atoms with van der Waals surface area (Å²) < 4.78 is 5.00. The molecule has 0 aromatic rings. The third-order valence-corrected chi connectivity index (χ3v) is 6.11. The highest BCUT2D eigenvalue weighted by molar-refractivity contribution is 5.77. The summed E-state index contributed by atoms with van der Waals surface area (Å²) in [5.41, 5.74) is 0. The van der Waals surface area contributed by atoms with Crippen molar-refractivity contribution in [3.8, 4) is 0 Å². The summed E-state index contributed by atoms with van der Waals surface area (Å²) in [5, 5.41) is 41.5. The average molecular weight is 460 g/mol. The van der Waals surface area contributed by atoms with E-state index in [1.807, 2.05) is 0 Å². The van der Waals surface area contributed by atoms with Crippen molar-refractivity contribution >= 4 is 11.9 Å². The zero-order chi connectivity index (χ0) is 23.8. The number of hydrogen-bond donors (Lipinski definition) is 5. The van der Waals surface area contributed by atoms with Crippen LogP contribution in [-0.4, -0.2) is 62.9 Å². The second kappa shape index (κ2) is 16.4. The smallest absolute Gasteiger partial charge is 0.335 e. The number of amides is 1. The van der Waals surface area contributed by atoms with E-state index in [0.29, 0.717) is 6.54 Å². The number of ether oxygens (including phenoxy) is 1. The number of hydrogen-bond acceptors (Lipinski definition) is 6. The standard InChI is InChI=1S/C24H45NO7/c1-2-3-4-5-6-7-8-9-10-11-12-13-14-15-16-25-20(27)18-24(31)17-19(26)21(28)22(32-24)23(29)30/h19,21-22,26,28,31H,2-18H2,1H3,(H,25,27)(H,29,30)/t19-,21+,22+,24?/m1/s1. The monoisotopic (exact) mass is 459 g/mol. The third-order valence-electron chi connectivity index (χ3n) is 6.11. The minimum absolute atomic E-state index is 0.426. The average Bonchev–Trinajstić information content (AvgIpc) is 2.73. The predicted octanol–water partition coefficient (Wildman–Crippen LogP) is 3.26. The van der Waals surface area contributed by atoms with Gasteiger partial charge in [0.25, 0.3) is 0 Å². The molecule has 0 aromatic heterocycles. The van der Waals surface area contributed by atoms with Gasteiger partial charge in [-0.15, -0.1) is 0 Å². The van der Waals surface area contributed by atoms with Gasteiger partial charge in [-0.05, 0) is 6.42 Å². The lowest BCUT2D eigenvalue weighted by Gasteiger charge is -2.40. The van der Waals surface area contributed by atoms with Crippen LogP contribution in [0.1, 0.15) is 110 Å². The predicted molar refractivity (Wildman–Crippen MR) is 122 cm³/mol. The molecule has 1 aliphatic heterocycles. The van der Waals surface area contributed by atoms with Gasteiger partial charge >= 0.3 is 5.97 Å². The van der Waals surface area contributed by atoms with Crippen LogP contribution in [0.3, 0.4) is 0 Å². The SMILES string of the molecule is CCCCCCCCCCCCCCCCNC(=O)CC1(O)C[C@@H](O)[C@H](O)[C@@H](C(=O)O)O1. The molecule has 1 saturated heterocycles. The molecule has 0 radical (unpaired) electrons. The summed E-state index contributed by atoms with van der Waals surface area (Å²) in [7, 11) is 0. The van der Waals surface area contributed by atoms with Gasteiger partial charge in [0.15, 0.2) is 11.9 Å². The number of carboxylic acids is 1. The van der Waals surface area contributed by atoms with Crippen molar-refractivity contribution in [2.45, 2.75) is 134 Å². The van der Waals surface area contributed by atoms with Crippen molar-refractivity contribution in [1.29, 1.82) is 0 Å². The van der Waals surface area contributed by atoms with Gasteiger partial charge in [0.05, 0.1) is 12.5 Å². The van der Waals surface area contributed by atoms with E-state index in [9.17, 15) is 24.9 Å². The minimum Gasteiger partial charge on any atom is -0.479 e. The molecule has 1 amide bonds. The van der Waals surface area contributed by atoms with Crippen LogP contribution in [0.15, 0.2) is 0 Å². The molecule has 0 bridgehead atoms. The molecule has 0 aliphatic carbocycles. The lowest BCUT2D eigenvalue weighted by atomic mass is 9.93. The Kier molecular flexibility index (Phi) is 14.8. The van der Waals surface area contributed by atoms with Crippen LogP contribution >= 0.6 is 0 Å². The fraction of sp³-hybridized carbons (Fsp3) is 0.917. The zero-order valence-electron chi connectivity index (χ0n) is 19.8. The van der Waals surface area contributed by atoms with Crippen LogP contribution in [-0.2, 0) is 14.3 Å². The Morgan fingerprint density at radius 1 is 0.875 bits per heavy atom. The van der Waals surface area contributed by atoms with Gasteiger partial charge in [-0.25, -0.2) is 4.79 Å². The van der Waals surface area contributed by atoms with Gasteiger partial charge in [0, 0.05) is 13.0 Å². The van der Waals surface area contributed by atoms with Crippen molar-refractivity contribution in [2.75, 3.05) is 6.54 Å². The van der Waals surface area contributed by atoms with Crippen LogP contribution in [0.5, 0.6) is 0 Å². The van der Waals surface area contributed by atoms with E-state index < -0.39 is 48.8 Å². The van der Waals surface area contributed by atoms with Crippen molar-refractivity contribution in [3.63, 3.8) is 0 Å². The maximum Gasteiger partial charge on any atom is 0.335 e. The Balaban J connectivity index is 2.01. The molecule has 0 saturated carbocycles. The minimum atomic E-state index is -2.11. The topological polar surface area (TPSA) is 136 Å². The first-order valence-corrected chi connectivity index (χ1v) is 12.5. The Morgan fingerprint density at radius 2 is 1.34 bits per heavy atom. The fourth-order valence-electron chi connectivity index (χ4n) is 4.17. The summed E-state index contributed by atoms with van der Waals surface area (Å²) >= 11 is 0. The molecule has 1 fully saturated rings. The summed E-state index contributed by atoms with van der Waals surface area (Å²) in [5.74, 6) is -4.09. The molecule has 1 unspecified atom stereocenters. The van der Waals surface area contributed by atoms with Crippen molar-refractivity contribution in [2.24, 2.45) is 0 Å². The van der Waals surface area contributed by atoms with E-state index in [4.69, 9.17) is 9.84 Å². The molecular formula is C24H45NO7. The zero-order valence-corrected chi connectivity index (χ0v) is 19.8. The normalized spacial score (nSPS) is 25.6. The molecule has 8 nitrogen and oxygen atoms in total. The molecule has 1 aliphatic rings. The first-order chi connectivity index (χ1) is 15.3. The lowest BCUT2D eigenvalue weighted by molar-refractivity contribution is -0.296. The van der Waals surface area contributed by atoms with E-state index in [2.05, 4.69) is 12.2 Å². The van der Waals surface area contributed by atoms with Gasteiger partial charge < -0.3 is 30.5 Å². The summed E-state index contributed by atoms with van der Waals surface area (Å²) in [6, 6.07) is 0. The van der Waals surface area contributed by atoms with Crippen LogP contribution < -0.4 is 5.32 Å². The maximum absolute atomic E-state index is 12.1. The Hall–Kier alpha value is -1.22. The first-order valence-electron chi connectivity index (χ1n) is 12.5. The van der Waals surface area contributed by atoms with E-state index >= 15 is 0 Å². The van der Waals surface area contributed by atoms with Crippen LogP contribution in [0.25, 0.3) is 0 Å². The van der Waals surface area contributed by atoms with Crippen LogP contribution in [0.4, 0.5) is 0 Å². The Bertz CT molecular complexity index is 530. The number of aliphatic hydroxyl groups is 3. The molecule has 5 N–H and O–H groups in total. The van der Waals surface area contributed by atoms with Gasteiger partial charge in [0.2, 0.25) is 5.91 Å². The molecule has 32 heavy (non-hydrogen) atoms. The number of carboxylic acid groups (broad SMARTS) is 1. The summed E-state index contributed by atoms with van der Waals surface area (Å²) in [6.45, 7) is 2.72. The van der Waals surface area contributed by atoms with Crippen molar-refractivity contribution < 1.29 is 34.8 Å². The second-order valence-electron chi connectivity index (χ2n) is 9.21. The van der Waals surface area contributed by atoms with Crippen molar-refractivity contribution in [1.82, 2.24) is 5.32 Å². The number of carbonyl (C=O) groups is 2. The van der Waals surface area contributed by atoms with Gasteiger partial charge in [-0.2, -0.15) is 0 Å².